The molecule has 0 bridgehead atoms. The molecule has 1 heterocycles. The highest BCUT2D eigenvalue weighted by Crippen LogP contribution is 1.99. The number of nitrogens with two attached hydrogens (primary N) is 1. The van der Waals surface area contributed by atoms with Gasteiger partial charge in [-0.05, 0) is 0 Å². The van der Waals surface area contributed by atoms with E-state index in [2.05, 4.69) is 15.4 Å². The second-order valence-electron chi connectivity index (χ2n) is 3.65. The molecule has 0 aromatic carbocycles. The molecular weight excluding hydrogens is 220 g/mol. The first-order chi connectivity index (χ1) is 8.19. The summed E-state index contributed by atoms with van der Waals surface area (Å²) in [6.45, 7) is 1.78. The Balaban J connectivity index is 2.57. The van der Waals surface area contributed by atoms with E-state index in [9.17, 15) is 0 Å². The number of hydrazine groups is 1. The number of rotatable bonds is 5. The normalized spacial score (nSPS) is 11.6. The van der Waals surface area contributed by atoms with Gasteiger partial charge in [-0.25, -0.2) is 15.8 Å². The van der Waals surface area contributed by atoms with Crippen LogP contribution in [0.5, 0.6) is 0 Å². The molecule has 96 valence electrons. The summed E-state index contributed by atoms with van der Waals surface area (Å²) in [4.78, 5) is 10.4. The number of nitrogens with zero attached hydrogens (tertiary/aromatic N) is 4. The smallest absolute Gasteiger partial charge is 0.208 e. The highest BCUT2D eigenvalue weighted by atomic mass is 16.5. The van der Waals surface area contributed by atoms with Gasteiger partial charge in [0.2, 0.25) is 5.96 Å². The predicted octanol–water partition coefficient (Wildman–Crippen LogP) is -0.682. The molecule has 0 fully saturated rings. The van der Waals surface area contributed by atoms with Gasteiger partial charge in [0.1, 0.15) is 5.82 Å². The van der Waals surface area contributed by atoms with Crippen molar-refractivity contribution in [1.29, 1.82) is 0 Å². The van der Waals surface area contributed by atoms with Gasteiger partial charge in [-0.1, -0.05) is 0 Å². The minimum absolute atomic E-state index is 0.570. The third-order valence-electron chi connectivity index (χ3n) is 2.35. The van der Waals surface area contributed by atoms with E-state index >= 15 is 0 Å². The van der Waals surface area contributed by atoms with Crippen molar-refractivity contribution in [2.24, 2.45) is 17.9 Å². The monoisotopic (exact) mass is 240 g/mol. The van der Waals surface area contributed by atoms with E-state index in [4.69, 9.17) is 10.6 Å². The number of aryl methyl sites for hydroxylation is 1. The summed E-state index contributed by atoms with van der Waals surface area (Å²) in [5, 5.41) is 0. The molecule has 1 aromatic heterocycles. The standard InChI is InChI=1S/C10H20N6O/c1-15-6-4-12-9(15)8-16(2)10(14-11)13-5-7-17-3/h4,6H,5,7-8,11H2,1-3H3,(H,13,14). The van der Waals surface area contributed by atoms with Crippen LogP contribution in [-0.2, 0) is 18.3 Å². The SMILES string of the molecule is COCCN=C(NN)N(C)Cc1nccn1C. The Hall–Kier alpha value is -1.60. The lowest BCUT2D eigenvalue weighted by Crippen LogP contribution is -2.43. The van der Waals surface area contributed by atoms with Crippen LogP contribution in [0.3, 0.4) is 0 Å². The number of guanidine groups is 1. The third kappa shape index (κ3) is 4.04. The van der Waals surface area contributed by atoms with Crippen LogP contribution >= 0.6 is 0 Å². The number of aliphatic imine (C=N–C) groups is 1. The molecular formula is C10H20N6O. The molecule has 1 aromatic rings. The van der Waals surface area contributed by atoms with Gasteiger partial charge in [0.05, 0.1) is 19.7 Å². The lowest BCUT2D eigenvalue weighted by Gasteiger charge is -2.20. The average Bonchev–Trinajstić information content (AvgIpc) is 2.70. The summed E-state index contributed by atoms with van der Waals surface area (Å²) in [5.74, 6) is 6.99. The zero-order valence-electron chi connectivity index (χ0n) is 10.6. The Labute approximate surface area is 101 Å². The van der Waals surface area contributed by atoms with E-state index in [0.29, 0.717) is 25.7 Å². The highest BCUT2D eigenvalue weighted by Gasteiger charge is 2.08. The zero-order valence-corrected chi connectivity index (χ0v) is 10.6. The molecule has 0 saturated heterocycles. The Kier molecular flexibility index (Phi) is 5.44. The molecule has 7 heteroatoms. The number of nitrogens with one attached hydrogen (secondary N) is 1. The number of aromatic nitrogens is 2. The third-order valence-corrected chi connectivity index (χ3v) is 2.35. The van der Waals surface area contributed by atoms with Crippen molar-refractivity contribution >= 4 is 5.96 Å². The fraction of sp³-hybridized carbons (Fsp3) is 0.600. The maximum absolute atomic E-state index is 5.43. The molecule has 0 atom stereocenters. The Morgan fingerprint density at radius 3 is 3.00 bits per heavy atom. The highest BCUT2D eigenvalue weighted by molar-refractivity contribution is 5.79. The Bertz CT molecular complexity index is 361. The van der Waals surface area contributed by atoms with E-state index in [-0.39, 0.29) is 0 Å². The van der Waals surface area contributed by atoms with Gasteiger partial charge in [0.25, 0.3) is 0 Å². The fourth-order valence-corrected chi connectivity index (χ4v) is 1.36. The van der Waals surface area contributed by atoms with E-state index in [1.807, 2.05) is 29.8 Å². The van der Waals surface area contributed by atoms with Gasteiger partial charge < -0.3 is 14.2 Å². The average molecular weight is 240 g/mol. The molecule has 0 spiro atoms. The Morgan fingerprint density at radius 2 is 2.47 bits per heavy atom. The number of hydrogen-bond donors (Lipinski definition) is 2. The molecule has 0 aliphatic heterocycles. The van der Waals surface area contributed by atoms with Crippen LogP contribution in [0.1, 0.15) is 5.82 Å². The van der Waals surface area contributed by atoms with Gasteiger partial charge in [-0.3, -0.25) is 5.43 Å². The summed E-state index contributed by atoms with van der Waals surface area (Å²) in [7, 11) is 5.50. The van der Waals surface area contributed by atoms with Crippen LogP contribution in [0.4, 0.5) is 0 Å². The molecule has 0 aliphatic rings. The summed E-state index contributed by atoms with van der Waals surface area (Å²) < 4.78 is 6.89. The molecule has 17 heavy (non-hydrogen) atoms. The second-order valence-corrected chi connectivity index (χ2v) is 3.65. The van der Waals surface area contributed by atoms with Crippen molar-refractivity contribution in [3.8, 4) is 0 Å². The van der Waals surface area contributed by atoms with E-state index in [1.54, 1.807) is 13.3 Å². The maximum Gasteiger partial charge on any atom is 0.208 e. The van der Waals surface area contributed by atoms with Crippen molar-refractivity contribution in [2.45, 2.75) is 6.54 Å². The molecule has 3 N–H and O–H groups in total. The molecule has 0 radical (unpaired) electrons. The van der Waals surface area contributed by atoms with Gasteiger partial charge in [0.15, 0.2) is 0 Å². The largest absolute Gasteiger partial charge is 0.383 e. The van der Waals surface area contributed by atoms with Crippen LogP contribution in [0.2, 0.25) is 0 Å². The molecule has 0 unspecified atom stereocenters. The first kappa shape index (κ1) is 13.5. The van der Waals surface area contributed by atoms with Crippen molar-refractivity contribution in [3.63, 3.8) is 0 Å². The van der Waals surface area contributed by atoms with Gasteiger partial charge in [-0.15, -0.1) is 0 Å². The van der Waals surface area contributed by atoms with Gasteiger partial charge in [0, 0.05) is 33.6 Å². The molecule has 1 rings (SSSR count). The summed E-state index contributed by atoms with van der Waals surface area (Å²) >= 11 is 0. The summed E-state index contributed by atoms with van der Waals surface area (Å²) in [6, 6.07) is 0. The number of methoxy groups -OCH3 is 1. The summed E-state index contributed by atoms with van der Waals surface area (Å²) in [5.41, 5.74) is 2.58. The molecule has 0 aliphatic carbocycles. The molecule has 7 nitrogen and oxygen atoms in total. The quantitative estimate of drug-likeness (QED) is 0.234. The van der Waals surface area contributed by atoms with Crippen LogP contribution < -0.4 is 11.3 Å². The second kappa shape index (κ2) is 6.87. The van der Waals surface area contributed by atoms with Crippen LogP contribution in [0.15, 0.2) is 17.4 Å². The van der Waals surface area contributed by atoms with Crippen LogP contribution in [0.25, 0.3) is 0 Å². The number of ether oxygens (including phenoxy) is 1. The minimum Gasteiger partial charge on any atom is -0.383 e. The van der Waals surface area contributed by atoms with Crippen LogP contribution in [0, 0.1) is 0 Å². The van der Waals surface area contributed by atoms with E-state index in [1.165, 1.54) is 0 Å². The van der Waals surface area contributed by atoms with Crippen molar-refractivity contribution in [3.05, 3.63) is 18.2 Å². The van der Waals surface area contributed by atoms with E-state index in [0.717, 1.165) is 5.82 Å². The first-order valence-electron chi connectivity index (χ1n) is 5.36. The summed E-state index contributed by atoms with van der Waals surface area (Å²) in [6.07, 6.45) is 3.67. The van der Waals surface area contributed by atoms with Crippen molar-refractivity contribution in [2.75, 3.05) is 27.3 Å². The minimum atomic E-state index is 0.570. The predicted molar refractivity (Wildman–Crippen MR) is 66.2 cm³/mol. The first-order valence-corrected chi connectivity index (χ1v) is 5.36. The fourth-order valence-electron chi connectivity index (χ4n) is 1.36. The lowest BCUT2D eigenvalue weighted by molar-refractivity contribution is 0.207. The number of hydrogen-bond acceptors (Lipinski definition) is 4. The number of imidazole rings is 1. The topological polar surface area (TPSA) is 80.7 Å². The zero-order chi connectivity index (χ0) is 12.7. The lowest BCUT2D eigenvalue weighted by atomic mass is 10.5. The van der Waals surface area contributed by atoms with Gasteiger partial charge >= 0.3 is 0 Å². The molecule has 0 saturated carbocycles. The maximum atomic E-state index is 5.43. The van der Waals surface area contributed by atoms with Crippen molar-refractivity contribution < 1.29 is 4.74 Å². The van der Waals surface area contributed by atoms with Crippen LogP contribution in [-0.4, -0.2) is 47.7 Å². The Morgan fingerprint density at radius 1 is 1.71 bits per heavy atom. The van der Waals surface area contributed by atoms with Crippen molar-refractivity contribution in [1.82, 2.24) is 19.9 Å². The molecule has 0 amide bonds. The van der Waals surface area contributed by atoms with E-state index < -0.39 is 0 Å². The van der Waals surface area contributed by atoms with Gasteiger partial charge in [-0.2, -0.15) is 0 Å².